The van der Waals surface area contributed by atoms with Crippen LogP contribution in [0.4, 0.5) is 5.95 Å². The predicted octanol–water partition coefficient (Wildman–Crippen LogP) is 2.51. The number of hydrogen-bond donors (Lipinski definition) is 1. The lowest BCUT2D eigenvalue weighted by atomic mass is 9.91. The number of hydrazone groups is 1. The number of nitrogens with zero attached hydrogens (tertiary/aromatic N) is 5. The minimum Gasteiger partial charge on any atom is -0.390 e. The lowest BCUT2D eigenvalue weighted by Crippen LogP contribution is -2.27. The summed E-state index contributed by atoms with van der Waals surface area (Å²) in [6, 6.07) is 18.9. The minimum absolute atomic E-state index is 0.169. The maximum Gasteiger partial charge on any atom is 0.490 e. The van der Waals surface area contributed by atoms with E-state index in [9.17, 15) is 14.9 Å². The van der Waals surface area contributed by atoms with Crippen LogP contribution in [0, 0.1) is 10.1 Å². The van der Waals surface area contributed by atoms with Gasteiger partial charge in [0.1, 0.15) is 0 Å². The molecule has 0 unspecified atom stereocenters. The molecule has 9 nitrogen and oxygen atoms in total. The Balaban J connectivity index is 1.74. The quantitative estimate of drug-likeness (QED) is 0.385. The Morgan fingerprint density at radius 3 is 2.21 bits per heavy atom. The van der Waals surface area contributed by atoms with Gasteiger partial charge in [-0.25, -0.2) is 5.43 Å². The molecule has 1 heterocycles. The van der Waals surface area contributed by atoms with Gasteiger partial charge in [-0.1, -0.05) is 65.6 Å². The van der Waals surface area contributed by atoms with E-state index >= 15 is 0 Å². The molecule has 1 N–H and O–H groups in total. The molecule has 0 spiro atoms. The number of hydrogen-bond acceptors (Lipinski definition) is 6. The summed E-state index contributed by atoms with van der Waals surface area (Å²) >= 11 is 0. The van der Waals surface area contributed by atoms with Crippen molar-refractivity contribution in [2.45, 2.75) is 19.4 Å². The van der Waals surface area contributed by atoms with Crippen LogP contribution in [-0.4, -0.2) is 31.3 Å². The molecular formula is C19H18N6O3. The van der Waals surface area contributed by atoms with Gasteiger partial charge in [-0.2, -0.15) is 9.78 Å². The van der Waals surface area contributed by atoms with Crippen molar-refractivity contribution in [2.75, 3.05) is 0 Å². The topological polar surface area (TPSA) is 115 Å². The summed E-state index contributed by atoms with van der Waals surface area (Å²) < 4.78 is 1.29. The van der Waals surface area contributed by atoms with Crippen molar-refractivity contribution >= 4 is 17.6 Å². The Bertz CT molecular complexity index is 946. The summed E-state index contributed by atoms with van der Waals surface area (Å²) in [6.07, 6.45) is 1.25. The van der Waals surface area contributed by atoms with Gasteiger partial charge in [0.05, 0.1) is 18.2 Å². The first kappa shape index (κ1) is 18.9. The van der Waals surface area contributed by atoms with Gasteiger partial charge in [0.15, 0.2) is 0 Å². The van der Waals surface area contributed by atoms with Crippen LogP contribution in [0.15, 0.2) is 72.1 Å². The van der Waals surface area contributed by atoms with E-state index in [2.05, 4.69) is 20.6 Å². The van der Waals surface area contributed by atoms with Crippen LogP contribution in [0.2, 0.25) is 0 Å². The Labute approximate surface area is 160 Å². The number of nitro groups is 1. The Morgan fingerprint density at radius 2 is 1.71 bits per heavy atom. The van der Waals surface area contributed by atoms with Crippen LogP contribution < -0.4 is 5.43 Å². The van der Waals surface area contributed by atoms with Gasteiger partial charge in [-0.3, -0.25) is 4.79 Å². The van der Waals surface area contributed by atoms with Gasteiger partial charge in [0, 0.05) is 5.10 Å². The van der Waals surface area contributed by atoms with E-state index < -0.39 is 16.8 Å². The Morgan fingerprint density at radius 1 is 1.14 bits per heavy atom. The molecule has 1 aromatic heterocycles. The predicted molar refractivity (Wildman–Crippen MR) is 103 cm³/mol. The second-order valence-corrected chi connectivity index (χ2v) is 6.08. The zero-order valence-electron chi connectivity index (χ0n) is 15.1. The molecular weight excluding hydrogens is 360 g/mol. The van der Waals surface area contributed by atoms with E-state index in [0.29, 0.717) is 5.71 Å². The Hall–Kier alpha value is -3.88. The van der Waals surface area contributed by atoms with Crippen molar-refractivity contribution in [3.8, 4) is 0 Å². The molecule has 0 atom stereocenters. The molecule has 0 saturated heterocycles. The van der Waals surface area contributed by atoms with Crippen LogP contribution in [0.1, 0.15) is 24.0 Å². The van der Waals surface area contributed by atoms with Crippen LogP contribution in [-0.2, 0) is 11.3 Å². The summed E-state index contributed by atoms with van der Waals surface area (Å²) in [5, 5.41) is 18.5. The summed E-state index contributed by atoms with van der Waals surface area (Å²) in [4.78, 5) is 26.4. The van der Waals surface area contributed by atoms with Gasteiger partial charge >= 0.3 is 5.95 Å². The summed E-state index contributed by atoms with van der Waals surface area (Å²) in [7, 11) is 0. The number of nitrogens with one attached hydrogen (secondary N) is 1. The molecule has 0 bridgehead atoms. The van der Waals surface area contributed by atoms with Crippen LogP contribution in [0.5, 0.6) is 0 Å². The molecule has 3 rings (SSSR count). The van der Waals surface area contributed by atoms with Crippen LogP contribution in [0.3, 0.4) is 0 Å². The molecule has 1 amide bonds. The average molecular weight is 378 g/mol. The molecule has 0 saturated carbocycles. The van der Waals surface area contributed by atoms with E-state index in [-0.39, 0.29) is 12.5 Å². The molecule has 3 aromatic rings. The molecule has 0 radical (unpaired) electrons. The van der Waals surface area contributed by atoms with Crippen molar-refractivity contribution in [3.63, 3.8) is 0 Å². The second kappa shape index (κ2) is 8.67. The zero-order chi connectivity index (χ0) is 19.9. The fraction of sp³-hybridized carbons (Fsp3) is 0.158. The summed E-state index contributed by atoms with van der Waals surface area (Å²) in [6.45, 7) is 1.86. The lowest BCUT2D eigenvalue weighted by molar-refractivity contribution is -0.394. The minimum atomic E-state index is -0.672. The van der Waals surface area contributed by atoms with Crippen molar-refractivity contribution in [2.24, 2.45) is 5.10 Å². The molecule has 142 valence electrons. The molecule has 0 aliphatic heterocycles. The highest BCUT2D eigenvalue weighted by Gasteiger charge is 2.22. The highest BCUT2D eigenvalue weighted by atomic mass is 16.6. The zero-order valence-corrected chi connectivity index (χ0v) is 15.1. The lowest BCUT2D eigenvalue weighted by Gasteiger charge is -2.16. The van der Waals surface area contributed by atoms with E-state index in [4.69, 9.17) is 0 Å². The largest absolute Gasteiger partial charge is 0.490 e. The maximum atomic E-state index is 12.9. The van der Waals surface area contributed by atoms with Gasteiger partial charge in [-0.15, -0.1) is 0 Å². The van der Waals surface area contributed by atoms with Gasteiger partial charge in [0.2, 0.25) is 6.33 Å². The number of carbonyl (C=O) groups is 1. The molecule has 0 fully saturated rings. The Kier molecular flexibility index (Phi) is 5.85. The average Bonchev–Trinajstić information content (AvgIpc) is 3.17. The first-order valence-corrected chi connectivity index (χ1v) is 8.51. The smallest absolute Gasteiger partial charge is 0.390 e. The molecule has 0 aliphatic carbocycles. The number of rotatable bonds is 7. The molecule has 2 aromatic carbocycles. The highest BCUT2D eigenvalue weighted by Crippen LogP contribution is 2.24. The monoisotopic (exact) mass is 378 g/mol. The van der Waals surface area contributed by atoms with Crippen molar-refractivity contribution < 1.29 is 9.72 Å². The van der Waals surface area contributed by atoms with E-state index in [0.717, 1.165) is 11.1 Å². The first-order chi connectivity index (χ1) is 13.5. The fourth-order valence-electron chi connectivity index (χ4n) is 2.72. The van der Waals surface area contributed by atoms with Crippen LogP contribution >= 0.6 is 0 Å². The number of amides is 1. The molecule has 28 heavy (non-hydrogen) atoms. The number of benzene rings is 2. The van der Waals surface area contributed by atoms with Gasteiger partial charge in [-0.05, 0) is 23.0 Å². The second-order valence-electron chi connectivity index (χ2n) is 6.08. The summed E-state index contributed by atoms with van der Waals surface area (Å²) in [5.74, 6) is -1.27. The number of carbonyl (C=O) groups excluding carboxylic acids is 1. The first-order valence-electron chi connectivity index (χ1n) is 8.51. The SMILES string of the molecule is C/C(Cn1cnc([N+](=O)[O-])n1)=N/NC(=O)C(c1ccccc1)c1ccccc1. The highest BCUT2D eigenvalue weighted by molar-refractivity contribution is 5.89. The third kappa shape index (κ3) is 4.64. The van der Waals surface area contributed by atoms with E-state index in [1.165, 1.54) is 11.0 Å². The van der Waals surface area contributed by atoms with Crippen molar-refractivity contribution in [1.82, 2.24) is 20.2 Å². The third-order valence-corrected chi connectivity index (χ3v) is 3.96. The van der Waals surface area contributed by atoms with E-state index in [1.807, 2.05) is 60.7 Å². The third-order valence-electron chi connectivity index (χ3n) is 3.96. The fourth-order valence-corrected chi connectivity index (χ4v) is 2.72. The van der Waals surface area contributed by atoms with Crippen LogP contribution in [0.25, 0.3) is 0 Å². The van der Waals surface area contributed by atoms with Crippen molar-refractivity contribution in [1.29, 1.82) is 0 Å². The summed E-state index contributed by atoms with van der Waals surface area (Å²) in [5.41, 5.74) is 4.81. The standard InChI is InChI=1S/C19H18N6O3/c1-14(12-24-13-20-19(23-24)25(27)28)21-22-18(26)17(15-8-4-2-5-9-15)16-10-6-3-7-11-16/h2-11,13,17H,12H2,1H3,(H,22,26)/b21-14-. The maximum absolute atomic E-state index is 12.9. The van der Waals surface area contributed by atoms with Gasteiger partial charge < -0.3 is 10.1 Å². The van der Waals surface area contributed by atoms with E-state index in [1.54, 1.807) is 6.92 Å². The van der Waals surface area contributed by atoms with Crippen molar-refractivity contribution in [3.05, 3.63) is 88.2 Å². The van der Waals surface area contributed by atoms with Gasteiger partial charge in [0.25, 0.3) is 5.91 Å². The molecule has 0 aliphatic rings. The number of aromatic nitrogens is 3. The normalized spacial score (nSPS) is 11.4. The molecule has 9 heteroatoms.